The van der Waals surface area contributed by atoms with E-state index < -0.39 is 5.60 Å². The summed E-state index contributed by atoms with van der Waals surface area (Å²) in [5.41, 5.74) is 5.95. The van der Waals surface area contributed by atoms with Crippen molar-refractivity contribution in [2.45, 2.75) is 45.3 Å². The van der Waals surface area contributed by atoms with Gasteiger partial charge in [-0.2, -0.15) is 0 Å². The molecule has 2 rings (SSSR count). The summed E-state index contributed by atoms with van der Waals surface area (Å²) in [5.74, 6) is 0.742. The van der Waals surface area contributed by atoms with Crippen molar-refractivity contribution in [1.29, 1.82) is 0 Å². The number of aromatic nitrogens is 1. The zero-order chi connectivity index (χ0) is 15.5. The number of piperidine rings is 1. The van der Waals surface area contributed by atoms with Gasteiger partial charge in [0.1, 0.15) is 11.4 Å². The second-order valence-electron chi connectivity index (χ2n) is 6.38. The van der Waals surface area contributed by atoms with Crippen LogP contribution in [0.4, 0.5) is 16.3 Å². The molecule has 1 unspecified atom stereocenters. The maximum atomic E-state index is 12.1. The Morgan fingerprint density at radius 1 is 1.52 bits per heavy atom. The summed E-state index contributed by atoms with van der Waals surface area (Å²) in [6.45, 7) is 6.98. The highest BCUT2D eigenvalue weighted by Crippen LogP contribution is 2.18. The van der Waals surface area contributed by atoms with E-state index in [1.165, 1.54) is 0 Å². The molecule has 0 aliphatic carbocycles. The maximum absolute atomic E-state index is 12.1. The van der Waals surface area contributed by atoms with Gasteiger partial charge in [-0.05, 0) is 39.7 Å². The van der Waals surface area contributed by atoms with Crippen LogP contribution in [0, 0.1) is 0 Å². The molecule has 1 amide bonds. The van der Waals surface area contributed by atoms with Gasteiger partial charge in [0.25, 0.3) is 0 Å². The van der Waals surface area contributed by atoms with Gasteiger partial charge in [0.15, 0.2) is 0 Å². The molecule has 6 heteroatoms. The number of likely N-dealkylation sites (tertiary alicyclic amines) is 1. The van der Waals surface area contributed by atoms with Crippen LogP contribution in [0.3, 0.4) is 0 Å². The molecule has 21 heavy (non-hydrogen) atoms. The van der Waals surface area contributed by atoms with Gasteiger partial charge in [0, 0.05) is 37.1 Å². The minimum absolute atomic E-state index is 0.167. The lowest BCUT2D eigenvalue weighted by Gasteiger charge is -2.34. The Balaban J connectivity index is 1.93. The summed E-state index contributed by atoms with van der Waals surface area (Å²) in [7, 11) is 0. The number of ether oxygens (including phenoxy) is 1. The van der Waals surface area contributed by atoms with Gasteiger partial charge in [-0.3, -0.25) is 0 Å². The van der Waals surface area contributed by atoms with Crippen molar-refractivity contribution in [3.05, 3.63) is 18.3 Å². The summed E-state index contributed by atoms with van der Waals surface area (Å²) < 4.78 is 5.42. The fraction of sp³-hybridized carbons (Fsp3) is 0.600. The van der Waals surface area contributed by atoms with Gasteiger partial charge in [0.2, 0.25) is 0 Å². The van der Waals surface area contributed by atoms with E-state index in [4.69, 9.17) is 10.5 Å². The molecule has 0 aromatic carbocycles. The van der Waals surface area contributed by atoms with Crippen LogP contribution in [0.1, 0.15) is 33.6 Å². The number of carbonyl (C=O) groups excluding carboxylic acids is 1. The Labute approximate surface area is 125 Å². The van der Waals surface area contributed by atoms with Crippen molar-refractivity contribution >= 4 is 17.6 Å². The Kier molecular flexibility index (Phi) is 4.55. The van der Waals surface area contributed by atoms with E-state index in [2.05, 4.69) is 10.3 Å². The van der Waals surface area contributed by atoms with Crippen molar-refractivity contribution in [3.8, 4) is 0 Å². The molecule has 1 aliphatic heterocycles. The first-order valence-corrected chi connectivity index (χ1v) is 7.29. The zero-order valence-corrected chi connectivity index (χ0v) is 12.9. The molecule has 0 spiro atoms. The lowest BCUT2D eigenvalue weighted by atomic mass is 10.1. The molecule has 1 aliphatic rings. The number of carbonyl (C=O) groups is 1. The van der Waals surface area contributed by atoms with E-state index in [1.54, 1.807) is 23.2 Å². The molecule has 3 N–H and O–H groups in total. The fourth-order valence-corrected chi connectivity index (χ4v) is 2.32. The Hall–Kier alpha value is -1.98. The molecule has 0 bridgehead atoms. The molecule has 1 aromatic rings. The third-order valence-electron chi connectivity index (χ3n) is 3.21. The third-order valence-corrected chi connectivity index (χ3v) is 3.21. The number of nitrogens with two attached hydrogens (primary N) is 1. The molecule has 6 nitrogen and oxygen atoms in total. The molecule has 1 saturated heterocycles. The van der Waals surface area contributed by atoms with Crippen LogP contribution in [-0.2, 0) is 4.74 Å². The van der Waals surface area contributed by atoms with Crippen LogP contribution in [0.2, 0.25) is 0 Å². The molecule has 1 fully saturated rings. The van der Waals surface area contributed by atoms with Gasteiger partial charge in [-0.15, -0.1) is 0 Å². The Morgan fingerprint density at radius 3 is 2.95 bits per heavy atom. The first-order chi connectivity index (χ1) is 9.83. The van der Waals surface area contributed by atoms with Crippen LogP contribution in [0.25, 0.3) is 0 Å². The van der Waals surface area contributed by atoms with E-state index >= 15 is 0 Å². The molecule has 0 radical (unpaired) electrons. The smallest absolute Gasteiger partial charge is 0.410 e. The number of anilines is 2. The predicted octanol–water partition coefficient (Wildman–Crippen LogP) is 2.48. The predicted molar refractivity (Wildman–Crippen MR) is 83.1 cm³/mol. The first kappa shape index (κ1) is 15.4. The van der Waals surface area contributed by atoms with Crippen molar-refractivity contribution in [3.63, 3.8) is 0 Å². The van der Waals surface area contributed by atoms with Gasteiger partial charge in [0.05, 0.1) is 0 Å². The monoisotopic (exact) mass is 292 g/mol. The minimum Gasteiger partial charge on any atom is -0.444 e. The van der Waals surface area contributed by atoms with Gasteiger partial charge in [-0.25, -0.2) is 9.78 Å². The first-order valence-electron chi connectivity index (χ1n) is 7.29. The number of hydrogen-bond acceptors (Lipinski definition) is 5. The molecule has 0 saturated carbocycles. The number of hydrogen-bond donors (Lipinski definition) is 2. The van der Waals surface area contributed by atoms with E-state index in [-0.39, 0.29) is 12.1 Å². The highest BCUT2D eigenvalue weighted by Gasteiger charge is 2.27. The average Bonchev–Trinajstić information content (AvgIpc) is 2.37. The number of pyridine rings is 1. The Bertz CT molecular complexity index is 499. The molecule has 1 atom stereocenters. The lowest BCUT2D eigenvalue weighted by molar-refractivity contribution is 0.0206. The number of rotatable bonds is 2. The summed E-state index contributed by atoms with van der Waals surface area (Å²) in [5, 5.41) is 3.33. The lowest BCUT2D eigenvalue weighted by Crippen LogP contribution is -2.47. The molecule has 116 valence electrons. The van der Waals surface area contributed by atoms with Crippen molar-refractivity contribution in [2.75, 3.05) is 24.1 Å². The molecule has 2 heterocycles. The average molecular weight is 292 g/mol. The molecule has 1 aromatic heterocycles. The number of nitrogens with one attached hydrogen (secondary N) is 1. The number of nitrogen functional groups attached to an aromatic ring is 1. The topological polar surface area (TPSA) is 80.5 Å². The van der Waals surface area contributed by atoms with Crippen LogP contribution in [0.5, 0.6) is 0 Å². The van der Waals surface area contributed by atoms with Gasteiger partial charge >= 0.3 is 6.09 Å². The van der Waals surface area contributed by atoms with Crippen LogP contribution < -0.4 is 11.1 Å². The van der Waals surface area contributed by atoms with Crippen LogP contribution in [0.15, 0.2) is 18.3 Å². The largest absolute Gasteiger partial charge is 0.444 e. The van der Waals surface area contributed by atoms with Crippen molar-refractivity contribution in [2.24, 2.45) is 0 Å². The second kappa shape index (κ2) is 6.20. The highest BCUT2D eigenvalue weighted by atomic mass is 16.6. The summed E-state index contributed by atoms with van der Waals surface area (Å²) in [4.78, 5) is 18.1. The normalized spacial score (nSPS) is 19.2. The SMILES string of the molecule is CC(C)(C)OC(=O)N1CCCC(Nc2cc(N)ccn2)C1. The molecular weight excluding hydrogens is 268 g/mol. The summed E-state index contributed by atoms with van der Waals surface area (Å²) in [6.07, 6.45) is 3.36. The zero-order valence-electron chi connectivity index (χ0n) is 12.9. The maximum Gasteiger partial charge on any atom is 0.410 e. The standard InChI is InChI=1S/C15H24N4O2/c1-15(2,3)21-14(20)19-8-4-5-12(10-19)18-13-9-11(16)6-7-17-13/h6-7,9,12H,4-5,8,10H2,1-3H3,(H3,16,17,18). The van der Waals surface area contributed by atoms with E-state index in [1.807, 2.05) is 20.8 Å². The molecular formula is C15H24N4O2. The Morgan fingerprint density at radius 2 is 2.29 bits per heavy atom. The van der Waals surface area contributed by atoms with E-state index in [0.29, 0.717) is 12.2 Å². The van der Waals surface area contributed by atoms with Gasteiger partial charge in [-0.1, -0.05) is 0 Å². The van der Waals surface area contributed by atoms with E-state index in [0.717, 1.165) is 25.2 Å². The van der Waals surface area contributed by atoms with Gasteiger partial charge < -0.3 is 20.7 Å². The summed E-state index contributed by atoms with van der Waals surface area (Å²) >= 11 is 0. The minimum atomic E-state index is -0.465. The summed E-state index contributed by atoms with van der Waals surface area (Å²) in [6, 6.07) is 3.71. The second-order valence-corrected chi connectivity index (χ2v) is 6.38. The third kappa shape index (κ3) is 4.81. The van der Waals surface area contributed by atoms with E-state index in [9.17, 15) is 4.79 Å². The van der Waals surface area contributed by atoms with Crippen molar-refractivity contribution < 1.29 is 9.53 Å². The highest BCUT2D eigenvalue weighted by molar-refractivity contribution is 5.68. The van der Waals surface area contributed by atoms with Crippen molar-refractivity contribution in [1.82, 2.24) is 9.88 Å². The quantitative estimate of drug-likeness (QED) is 0.875. The van der Waals surface area contributed by atoms with Crippen LogP contribution >= 0.6 is 0 Å². The number of nitrogens with zero attached hydrogens (tertiary/aromatic N) is 2. The number of amides is 1. The fourth-order valence-electron chi connectivity index (χ4n) is 2.32. The van der Waals surface area contributed by atoms with Crippen LogP contribution in [-0.4, -0.2) is 40.7 Å².